The lowest BCUT2D eigenvalue weighted by atomic mass is 10.0. The van der Waals surface area contributed by atoms with Gasteiger partial charge in [0.05, 0.1) is 6.54 Å². The van der Waals surface area contributed by atoms with Gasteiger partial charge in [0.2, 0.25) is 5.91 Å². The number of amides is 3. The van der Waals surface area contributed by atoms with E-state index in [4.69, 9.17) is 11.5 Å². The maximum atomic E-state index is 12.5. The molecule has 3 amide bonds. The molecule has 1 aromatic rings. The van der Waals surface area contributed by atoms with Crippen molar-refractivity contribution in [3.63, 3.8) is 0 Å². The summed E-state index contributed by atoms with van der Waals surface area (Å²) in [6, 6.07) is 3.71. The second kappa shape index (κ2) is 8.40. The Balaban J connectivity index is 1.69. The molecule has 0 saturated carbocycles. The van der Waals surface area contributed by atoms with E-state index in [9.17, 15) is 14.4 Å². The average molecular weight is 410 g/mol. The van der Waals surface area contributed by atoms with E-state index >= 15 is 0 Å². The van der Waals surface area contributed by atoms with E-state index < -0.39 is 0 Å². The fraction of sp³-hybridized carbons (Fsp3) is 0.333. The van der Waals surface area contributed by atoms with Crippen molar-refractivity contribution in [2.24, 2.45) is 11.5 Å². The van der Waals surface area contributed by atoms with E-state index in [1.165, 1.54) is 7.05 Å². The van der Waals surface area contributed by atoms with Crippen LogP contribution in [0, 0.1) is 6.92 Å². The van der Waals surface area contributed by atoms with Crippen LogP contribution in [0.25, 0.3) is 5.70 Å². The van der Waals surface area contributed by atoms with Gasteiger partial charge >= 0.3 is 0 Å². The minimum absolute atomic E-state index is 0.0687. The summed E-state index contributed by atoms with van der Waals surface area (Å²) in [4.78, 5) is 44.0. The van der Waals surface area contributed by atoms with Crippen molar-refractivity contribution in [1.29, 1.82) is 0 Å². The number of imide groups is 1. The molecule has 0 atom stereocenters. The summed E-state index contributed by atoms with van der Waals surface area (Å²) in [6.45, 7) is 4.08. The lowest BCUT2D eigenvalue weighted by molar-refractivity contribution is -0.136. The third kappa shape index (κ3) is 4.19. The van der Waals surface area contributed by atoms with E-state index in [-0.39, 0.29) is 30.1 Å². The first-order valence-corrected chi connectivity index (χ1v) is 9.66. The monoisotopic (exact) mass is 410 g/mol. The van der Waals surface area contributed by atoms with Gasteiger partial charge < -0.3 is 21.7 Å². The van der Waals surface area contributed by atoms with Gasteiger partial charge in [-0.05, 0) is 50.5 Å². The van der Waals surface area contributed by atoms with Gasteiger partial charge in [-0.15, -0.1) is 0 Å². The van der Waals surface area contributed by atoms with Crippen LogP contribution >= 0.6 is 0 Å². The molecule has 1 aromatic heterocycles. The Morgan fingerprint density at radius 3 is 2.67 bits per heavy atom. The van der Waals surface area contributed by atoms with Crippen molar-refractivity contribution in [2.75, 3.05) is 20.1 Å². The first-order valence-electron chi connectivity index (χ1n) is 9.66. The molecule has 0 radical (unpaired) electrons. The Bertz CT molecular complexity index is 990. The van der Waals surface area contributed by atoms with Gasteiger partial charge in [-0.25, -0.2) is 0 Å². The van der Waals surface area contributed by atoms with E-state index in [2.05, 4.69) is 10.3 Å². The van der Waals surface area contributed by atoms with Crippen molar-refractivity contribution < 1.29 is 14.4 Å². The predicted molar refractivity (Wildman–Crippen MR) is 112 cm³/mol. The van der Waals surface area contributed by atoms with Crippen LogP contribution in [-0.2, 0) is 14.4 Å². The van der Waals surface area contributed by atoms with Crippen LogP contribution < -0.4 is 16.8 Å². The fourth-order valence-electron chi connectivity index (χ4n) is 3.45. The zero-order valence-electron chi connectivity index (χ0n) is 17.4. The molecule has 2 aliphatic rings. The lowest BCUT2D eigenvalue weighted by Crippen LogP contribution is -2.42. The van der Waals surface area contributed by atoms with Crippen molar-refractivity contribution in [2.45, 2.75) is 26.7 Å². The maximum absolute atomic E-state index is 12.5. The Kier molecular flexibility index (Phi) is 5.91. The largest absolute Gasteiger partial charge is 0.398 e. The highest BCUT2D eigenvalue weighted by atomic mass is 16.2. The highest BCUT2D eigenvalue weighted by Crippen LogP contribution is 2.30. The molecule has 2 aliphatic heterocycles. The molecule has 0 unspecified atom stereocenters. The number of nitrogens with zero attached hydrogens (tertiary/aromatic N) is 3. The summed E-state index contributed by atoms with van der Waals surface area (Å²) in [6.07, 6.45) is 4.58. The number of aromatic nitrogens is 1. The molecule has 0 bridgehead atoms. The summed E-state index contributed by atoms with van der Waals surface area (Å²) >= 11 is 0. The molecular weight excluding hydrogens is 384 g/mol. The van der Waals surface area contributed by atoms with Crippen LogP contribution in [0.3, 0.4) is 0 Å². The minimum Gasteiger partial charge on any atom is -0.398 e. The molecule has 0 saturated heterocycles. The number of carbonyl (C=O) groups is 3. The Labute approximate surface area is 175 Å². The second-order valence-electron chi connectivity index (χ2n) is 7.45. The van der Waals surface area contributed by atoms with Gasteiger partial charge in [0.25, 0.3) is 11.8 Å². The zero-order valence-corrected chi connectivity index (χ0v) is 17.4. The molecular formula is C21H26N6O3. The van der Waals surface area contributed by atoms with Crippen molar-refractivity contribution >= 4 is 23.4 Å². The first kappa shape index (κ1) is 21.1. The number of rotatable bonds is 5. The number of pyridine rings is 1. The van der Waals surface area contributed by atoms with Gasteiger partial charge in [-0.2, -0.15) is 0 Å². The lowest BCUT2D eigenvalue weighted by Gasteiger charge is -2.28. The van der Waals surface area contributed by atoms with Gasteiger partial charge in [0, 0.05) is 42.3 Å². The summed E-state index contributed by atoms with van der Waals surface area (Å²) in [5.74, 6) is -0.870. The summed E-state index contributed by atoms with van der Waals surface area (Å²) < 4.78 is 0. The molecule has 30 heavy (non-hydrogen) atoms. The highest BCUT2D eigenvalue weighted by molar-refractivity contribution is 6.19. The first-order chi connectivity index (χ1) is 14.2. The van der Waals surface area contributed by atoms with Crippen LogP contribution in [0.2, 0.25) is 0 Å². The van der Waals surface area contributed by atoms with Crippen LogP contribution in [0.5, 0.6) is 0 Å². The molecule has 0 aromatic carbocycles. The highest BCUT2D eigenvalue weighted by Gasteiger charge is 2.40. The van der Waals surface area contributed by atoms with Gasteiger partial charge in [0.15, 0.2) is 0 Å². The van der Waals surface area contributed by atoms with Crippen molar-refractivity contribution in [1.82, 2.24) is 20.1 Å². The number of nitrogens with one attached hydrogen (secondary N) is 1. The SMILES string of the molecule is CC(/C=C(\N)c1ccc(C)nc1)=C(/N)NC(=O)CN1CCCC2=C1C(=O)N(C)C2=O. The summed E-state index contributed by atoms with van der Waals surface area (Å²) in [5, 5.41) is 2.64. The molecule has 158 valence electrons. The van der Waals surface area contributed by atoms with Crippen molar-refractivity contribution in [3.8, 4) is 0 Å². The van der Waals surface area contributed by atoms with Gasteiger partial charge in [-0.1, -0.05) is 0 Å². The number of allylic oxidation sites excluding steroid dienone is 2. The number of hydrogen-bond donors (Lipinski definition) is 3. The number of likely N-dealkylation sites (N-methyl/N-ethyl adjacent to an activating group) is 1. The second-order valence-corrected chi connectivity index (χ2v) is 7.45. The third-order valence-electron chi connectivity index (χ3n) is 5.18. The third-order valence-corrected chi connectivity index (χ3v) is 5.18. The normalized spacial score (nSPS) is 17.9. The fourth-order valence-corrected chi connectivity index (χ4v) is 3.45. The molecule has 0 fully saturated rings. The topological polar surface area (TPSA) is 135 Å². The van der Waals surface area contributed by atoms with Gasteiger partial charge in [-0.3, -0.25) is 24.3 Å². The van der Waals surface area contributed by atoms with Crippen LogP contribution in [-0.4, -0.2) is 52.6 Å². The van der Waals surface area contributed by atoms with E-state index in [0.29, 0.717) is 41.9 Å². The van der Waals surface area contributed by atoms with E-state index in [0.717, 1.165) is 16.2 Å². The quantitative estimate of drug-likeness (QED) is 0.471. The summed E-state index contributed by atoms with van der Waals surface area (Å²) in [7, 11) is 1.45. The van der Waals surface area contributed by atoms with E-state index in [1.807, 2.05) is 19.1 Å². The minimum atomic E-state index is -0.376. The maximum Gasteiger partial charge on any atom is 0.277 e. The number of nitrogens with two attached hydrogens (primary N) is 2. The number of carbonyl (C=O) groups excluding carboxylic acids is 3. The molecule has 9 heteroatoms. The Morgan fingerprint density at radius 2 is 2.00 bits per heavy atom. The molecule has 3 heterocycles. The van der Waals surface area contributed by atoms with Crippen LogP contribution in [0.1, 0.15) is 31.0 Å². The Morgan fingerprint density at radius 1 is 1.27 bits per heavy atom. The smallest absolute Gasteiger partial charge is 0.277 e. The van der Waals surface area contributed by atoms with E-state index in [1.54, 1.807) is 24.1 Å². The van der Waals surface area contributed by atoms with Crippen LogP contribution in [0.15, 0.2) is 47.1 Å². The molecule has 0 spiro atoms. The van der Waals surface area contributed by atoms with Crippen LogP contribution in [0.4, 0.5) is 0 Å². The molecule has 3 rings (SSSR count). The number of hydrogen-bond acceptors (Lipinski definition) is 7. The average Bonchev–Trinajstić information content (AvgIpc) is 2.93. The predicted octanol–water partition coefficient (Wildman–Crippen LogP) is 0.345. The summed E-state index contributed by atoms with van der Waals surface area (Å²) in [5.41, 5.74) is 15.6. The van der Waals surface area contributed by atoms with Gasteiger partial charge in [0.1, 0.15) is 11.5 Å². The standard InChI is InChI=1S/C21H26N6O3/c1-12(9-16(22)14-7-6-13(2)24-10-14)19(23)25-17(28)11-27-8-4-5-15-18(27)21(30)26(3)20(15)29/h6-7,9-10H,4-5,8,11,22-23H2,1-3H3,(H,25,28)/b16-9-,19-12+. The Hall–Kier alpha value is -3.62. The molecule has 0 aliphatic carbocycles. The van der Waals surface area contributed by atoms with Crippen molar-refractivity contribution in [3.05, 3.63) is 58.3 Å². The zero-order chi connectivity index (χ0) is 22.0. The number of aryl methyl sites for hydroxylation is 1. The molecule has 9 nitrogen and oxygen atoms in total. The molecule has 5 N–H and O–H groups in total.